The van der Waals surface area contributed by atoms with E-state index < -0.39 is 0 Å². The van der Waals surface area contributed by atoms with E-state index in [-0.39, 0.29) is 0 Å². The van der Waals surface area contributed by atoms with Crippen molar-refractivity contribution in [3.8, 4) is 11.6 Å². The Kier molecular flexibility index (Phi) is 5.01. The molecule has 19 heavy (non-hydrogen) atoms. The molecule has 7 heteroatoms. The highest BCUT2D eigenvalue weighted by molar-refractivity contribution is 9.10. The molecule has 0 saturated carbocycles. The summed E-state index contributed by atoms with van der Waals surface area (Å²) < 4.78 is 7.24. The van der Waals surface area contributed by atoms with Crippen molar-refractivity contribution in [3.63, 3.8) is 0 Å². The predicted octanol–water partition coefficient (Wildman–Crippen LogP) is 4.88. The Hall–Kier alpha value is -0.850. The second-order valence-corrected chi connectivity index (χ2v) is 5.73. The lowest BCUT2D eigenvalue weighted by atomic mass is 10.3. The topological polar surface area (TPSA) is 47.0 Å². The molecule has 0 aliphatic carbocycles. The minimum atomic E-state index is 0.408. The molecule has 1 aromatic carbocycles. The van der Waals surface area contributed by atoms with Gasteiger partial charge in [-0.05, 0) is 41.1 Å². The van der Waals surface area contributed by atoms with Crippen LogP contribution in [0, 0.1) is 0 Å². The normalized spacial score (nSPS) is 10.3. The van der Waals surface area contributed by atoms with Crippen molar-refractivity contribution in [3.05, 3.63) is 38.4 Å². The van der Waals surface area contributed by atoms with Gasteiger partial charge >= 0.3 is 0 Å². The number of halogens is 3. The fraction of sp³-hybridized carbons (Fsp3) is 0.167. The van der Waals surface area contributed by atoms with E-state index >= 15 is 0 Å². The lowest BCUT2D eigenvalue weighted by molar-refractivity contribution is 0.459. The van der Waals surface area contributed by atoms with Crippen LogP contribution in [0.25, 0.3) is 0 Å². The smallest absolute Gasteiger partial charge is 0.238 e. The number of hydrogen-bond donors (Lipinski definition) is 1. The molecule has 1 aromatic heterocycles. The minimum absolute atomic E-state index is 0.408. The third-order valence-electron chi connectivity index (χ3n) is 2.15. The number of nitrogens with one attached hydrogen (secondary N) is 1. The number of benzene rings is 1. The van der Waals surface area contributed by atoms with E-state index in [1.807, 2.05) is 13.0 Å². The summed E-state index contributed by atoms with van der Waals surface area (Å²) in [4.78, 5) is 8.38. The molecule has 0 amide bonds. The highest BCUT2D eigenvalue weighted by atomic mass is 79.9. The Morgan fingerprint density at radius 1 is 1.37 bits per heavy atom. The Bertz CT molecular complexity index is 595. The second kappa shape index (κ2) is 6.54. The summed E-state index contributed by atoms with van der Waals surface area (Å²) in [5, 5.41) is 3.53. The zero-order valence-corrected chi connectivity index (χ0v) is 13.9. The summed E-state index contributed by atoms with van der Waals surface area (Å²) in [7, 11) is 0. The summed E-state index contributed by atoms with van der Waals surface area (Å²) >= 11 is 12.8. The minimum Gasteiger partial charge on any atom is -0.436 e. The number of rotatable bonds is 4. The molecule has 0 radical (unpaired) electrons. The maximum atomic E-state index is 6.08. The van der Waals surface area contributed by atoms with Gasteiger partial charge < -0.3 is 10.1 Å². The molecule has 0 aliphatic heterocycles. The number of ether oxygens (including phenoxy) is 1. The van der Waals surface area contributed by atoms with E-state index in [2.05, 4.69) is 47.1 Å². The van der Waals surface area contributed by atoms with Gasteiger partial charge in [0.1, 0.15) is 5.75 Å². The Morgan fingerprint density at radius 3 is 2.89 bits per heavy atom. The lowest BCUT2D eigenvalue weighted by Gasteiger charge is -2.10. The lowest BCUT2D eigenvalue weighted by Crippen LogP contribution is -2.03. The molecular formula is C12H10Br2ClN3O. The third kappa shape index (κ3) is 3.81. The Balaban J connectivity index is 2.31. The maximum Gasteiger partial charge on any atom is 0.238 e. The second-order valence-electron chi connectivity index (χ2n) is 3.55. The van der Waals surface area contributed by atoms with Crippen LogP contribution in [0.15, 0.2) is 33.3 Å². The zero-order chi connectivity index (χ0) is 13.8. The first-order valence-electron chi connectivity index (χ1n) is 5.49. The standard InChI is InChI=1S/C12H10Br2ClN3O/c1-2-16-12-17-6-8(14)11(18-12)19-10-5-7(13)3-4-9(10)15/h3-6H,2H2,1H3,(H,16,17,18). The molecule has 1 heterocycles. The van der Waals surface area contributed by atoms with Crippen LogP contribution >= 0.6 is 43.5 Å². The molecule has 100 valence electrons. The van der Waals surface area contributed by atoms with Gasteiger partial charge in [0.15, 0.2) is 0 Å². The molecule has 2 rings (SSSR count). The molecule has 2 aromatic rings. The first-order valence-corrected chi connectivity index (χ1v) is 7.46. The summed E-state index contributed by atoms with van der Waals surface area (Å²) in [6, 6.07) is 5.37. The van der Waals surface area contributed by atoms with Gasteiger partial charge in [-0.3, -0.25) is 0 Å². The van der Waals surface area contributed by atoms with Crippen molar-refractivity contribution >= 4 is 49.4 Å². The van der Waals surface area contributed by atoms with E-state index in [1.165, 1.54) is 0 Å². The van der Waals surface area contributed by atoms with Crippen LogP contribution in [0.5, 0.6) is 11.6 Å². The van der Waals surface area contributed by atoms with Crippen molar-refractivity contribution in [2.75, 3.05) is 11.9 Å². The summed E-state index contributed by atoms with van der Waals surface area (Å²) in [5.74, 6) is 1.44. The van der Waals surface area contributed by atoms with Gasteiger partial charge in [-0.1, -0.05) is 27.5 Å². The largest absolute Gasteiger partial charge is 0.436 e. The van der Waals surface area contributed by atoms with Gasteiger partial charge in [0.05, 0.1) is 15.7 Å². The van der Waals surface area contributed by atoms with Crippen molar-refractivity contribution in [2.24, 2.45) is 0 Å². The van der Waals surface area contributed by atoms with E-state index in [1.54, 1.807) is 18.3 Å². The van der Waals surface area contributed by atoms with Gasteiger partial charge in [0.25, 0.3) is 0 Å². The Labute approximate surface area is 132 Å². The number of anilines is 1. The molecule has 0 bridgehead atoms. The van der Waals surface area contributed by atoms with Crippen LogP contribution in [0.2, 0.25) is 5.02 Å². The van der Waals surface area contributed by atoms with E-state index in [4.69, 9.17) is 16.3 Å². The monoisotopic (exact) mass is 405 g/mol. The first kappa shape index (κ1) is 14.6. The quantitative estimate of drug-likeness (QED) is 0.785. The highest BCUT2D eigenvalue weighted by Crippen LogP contribution is 2.34. The molecule has 0 unspecified atom stereocenters. The fourth-order valence-electron chi connectivity index (χ4n) is 1.33. The summed E-state index contributed by atoms with van der Waals surface area (Å²) in [6.07, 6.45) is 1.63. The van der Waals surface area contributed by atoms with Gasteiger partial charge in [-0.25, -0.2) is 4.98 Å². The molecule has 0 fully saturated rings. The highest BCUT2D eigenvalue weighted by Gasteiger charge is 2.10. The van der Waals surface area contributed by atoms with Crippen LogP contribution in [0.3, 0.4) is 0 Å². The predicted molar refractivity (Wildman–Crippen MR) is 83.1 cm³/mol. The first-order chi connectivity index (χ1) is 9.10. The van der Waals surface area contributed by atoms with Crippen LogP contribution in [-0.2, 0) is 0 Å². The molecule has 0 spiro atoms. The number of nitrogens with zero attached hydrogens (tertiary/aromatic N) is 2. The van der Waals surface area contributed by atoms with E-state index in [9.17, 15) is 0 Å². The number of aromatic nitrogens is 2. The zero-order valence-electron chi connectivity index (χ0n) is 9.95. The van der Waals surface area contributed by atoms with Crippen LogP contribution < -0.4 is 10.1 Å². The van der Waals surface area contributed by atoms with Crippen molar-refractivity contribution in [2.45, 2.75) is 6.92 Å². The molecule has 0 saturated heterocycles. The molecule has 1 N–H and O–H groups in total. The van der Waals surface area contributed by atoms with Gasteiger partial charge in [-0.15, -0.1) is 0 Å². The molecule has 0 aliphatic rings. The van der Waals surface area contributed by atoms with Gasteiger partial charge in [-0.2, -0.15) is 4.98 Å². The molecule has 0 atom stereocenters. The SMILES string of the molecule is CCNc1ncc(Br)c(Oc2cc(Br)ccc2Cl)n1. The van der Waals surface area contributed by atoms with Gasteiger partial charge in [0, 0.05) is 11.0 Å². The van der Waals surface area contributed by atoms with Crippen LogP contribution in [0.1, 0.15) is 6.92 Å². The van der Waals surface area contributed by atoms with Gasteiger partial charge in [0.2, 0.25) is 11.8 Å². The average Bonchev–Trinajstić information content (AvgIpc) is 2.38. The van der Waals surface area contributed by atoms with Crippen LogP contribution in [0.4, 0.5) is 5.95 Å². The molecular weight excluding hydrogens is 397 g/mol. The summed E-state index contributed by atoms with van der Waals surface area (Å²) in [6.45, 7) is 2.70. The summed E-state index contributed by atoms with van der Waals surface area (Å²) in [5.41, 5.74) is 0. The van der Waals surface area contributed by atoms with Crippen LogP contribution in [-0.4, -0.2) is 16.5 Å². The third-order valence-corrected chi connectivity index (χ3v) is 3.50. The van der Waals surface area contributed by atoms with Crippen molar-refractivity contribution in [1.82, 2.24) is 9.97 Å². The number of hydrogen-bond acceptors (Lipinski definition) is 4. The average molecular weight is 407 g/mol. The molecule has 4 nitrogen and oxygen atoms in total. The Morgan fingerprint density at radius 2 is 2.16 bits per heavy atom. The fourth-order valence-corrected chi connectivity index (χ4v) is 2.09. The van der Waals surface area contributed by atoms with E-state index in [0.29, 0.717) is 27.1 Å². The van der Waals surface area contributed by atoms with E-state index in [0.717, 1.165) is 11.0 Å². The van der Waals surface area contributed by atoms with Crippen molar-refractivity contribution < 1.29 is 4.74 Å². The van der Waals surface area contributed by atoms with Crippen molar-refractivity contribution in [1.29, 1.82) is 0 Å². The maximum absolute atomic E-state index is 6.08.